The van der Waals surface area contributed by atoms with Crippen molar-refractivity contribution in [3.8, 4) is 0 Å². The molecular weight excluding hydrogens is 336 g/mol. The van der Waals surface area contributed by atoms with Gasteiger partial charge < -0.3 is 10.2 Å². The average molecular weight is 362 g/mol. The van der Waals surface area contributed by atoms with Gasteiger partial charge in [-0.25, -0.2) is 9.97 Å². The molecule has 2 fully saturated rings. The number of para-hydroxylation sites is 1. The van der Waals surface area contributed by atoms with Crippen molar-refractivity contribution in [1.29, 1.82) is 0 Å². The molecule has 1 amide bonds. The van der Waals surface area contributed by atoms with E-state index in [9.17, 15) is 4.79 Å². The largest absolute Gasteiger partial charge is 0.340 e. The maximum atomic E-state index is 12.9. The number of nitrogens with zero attached hydrogens (tertiary/aromatic N) is 3. The number of amides is 1. The van der Waals surface area contributed by atoms with E-state index in [1.54, 1.807) is 0 Å². The second-order valence-electron chi connectivity index (χ2n) is 8.41. The van der Waals surface area contributed by atoms with Crippen molar-refractivity contribution >= 4 is 17.4 Å². The van der Waals surface area contributed by atoms with E-state index in [-0.39, 0.29) is 17.9 Å². The summed E-state index contributed by atoms with van der Waals surface area (Å²) in [6.07, 6.45) is 5.30. The summed E-state index contributed by atoms with van der Waals surface area (Å²) in [6.45, 7) is 3.99. The SMILES string of the molecule is CC(C)C(=O)N1[C@@H]2CC[C@@H]1c1c(nc(C3CC3)nc1Nc1ccccc1)C2. The molecule has 5 nitrogen and oxygen atoms in total. The molecule has 2 bridgehead atoms. The van der Waals surface area contributed by atoms with Crippen molar-refractivity contribution in [1.82, 2.24) is 14.9 Å². The molecule has 2 atom stereocenters. The van der Waals surface area contributed by atoms with E-state index in [1.165, 1.54) is 12.8 Å². The lowest BCUT2D eigenvalue weighted by molar-refractivity contribution is -0.138. The Hall–Kier alpha value is -2.43. The lowest BCUT2D eigenvalue weighted by atomic mass is 9.96. The average Bonchev–Trinajstić information content (AvgIpc) is 3.46. The number of hydrogen-bond acceptors (Lipinski definition) is 4. The van der Waals surface area contributed by atoms with Crippen LogP contribution in [-0.2, 0) is 11.2 Å². The number of carbonyl (C=O) groups excluding carboxylic acids is 1. The summed E-state index contributed by atoms with van der Waals surface area (Å²) < 4.78 is 0. The Kier molecular flexibility index (Phi) is 3.92. The summed E-state index contributed by atoms with van der Waals surface area (Å²) in [5.41, 5.74) is 3.33. The number of hydrogen-bond donors (Lipinski definition) is 1. The first kappa shape index (κ1) is 16.7. The first-order valence-electron chi connectivity index (χ1n) is 10.2. The zero-order valence-electron chi connectivity index (χ0n) is 16.0. The summed E-state index contributed by atoms with van der Waals surface area (Å²) in [5, 5.41) is 3.54. The third-order valence-corrected chi connectivity index (χ3v) is 6.03. The molecule has 1 aliphatic carbocycles. The number of rotatable bonds is 4. The van der Waals surface area contributed by atoms with E-state index in [0.717, 1.165) is 47.8 Å². The van der Waals surface area contributed by atoms with E-state index < -0.39 is 0 Å². The minimum absolute atomic E-state index is 0.0202. The minimum atomic E-state index is 0.0202. The van der Waals surface area contributed by atoms with Crippen LogP contribution in [0.1, 0.15) is 68.6 Å². The van der Waals surface area contributed by atoms with Gasteiger partial charge in [-0.3, -0.25) is 4.79 Å². The van der Waals surface area contributed by atoms with Crippen molar-refractivity contribution in [3.05, 3.63) is 47.4 Å². The van der Waals surface area contributed by atoms with Crippen LogP contribution in [0.4, 0.5) is 11.5 Å². The topological polar surface area (TPSA) is 58.1 Å². The number of nitrogens with one attached hydrogen (secondary N) is 1. The fourth-order valence-corrected chi connectivity index (χ4v) is 4.54. The van der Waals surface area contributed by atoms with Gasteiger partial charge in [0.1, 0.15) is 11.6 Å². The van der Waals surface area contributed by atoms with E-state index in [4.69, 9.17) is 9.97 Å². The van der Waals surface area contributed by atoms with Gasteiger partial charge in [0, 0.05) is 35.5 Å². The molecule has 0 radical (unpaired) electrons. The molecule has 1 saturated carbocycles. The van der Waals surface area contributed by atoms with E-state index in [1.807, 2.05) is 32.0 Å². The summed E-state index contributed by atoms with van der Waals surface area (Å²) >= 11 is 0. The lowest BCUT2D eigenvalue weighted by Crippen LogP contribution is -2.44. The second-order valence-corrected chi connectivity index (χ2v) is 8.41. The minimum Gasteiger partial charge on any atom is -0.340 e. The van der Waals surface area contributed by atoms with Gasteiger partial charge in [-0.05, 0) is 37.8 Å². The quantitative estimate of drug-likeness (QED) is 0.879. The number of aromatic nitrogens is 2. The maximum Gasteiger partial charge on any atom is 0.225 e. The van der Waals surface area contributed by atoms with Crippen molar-refractivity contribution in [2.75, 3.05) is 5.32 Å². The molecule has 0 spiro atoms. The highest BCUT2D eigenvalue weighted by Gasteiger charge is 2.45. The molecule has 2 aromatic rings. The second kappa shape index (κ2) is 6.32. The smallest absolute Gasteiger partial charge is 0.225 e. The predicted octanol–water partition coefficient (Wildman–Crippen LogP) is 4.34. The van der Waals surface area contributed by atoms with Gasteiger partial charge in [-0.2, -0.15) is 0 Å². The number of carbonyl (C=O) groups is 1. The van der Waals surface area contributed by atoms with Crippen molar-refractivity contribution < 1.29 is 4.79 Å². The molecule has 27 heavy (non-hydrogen) atoms. The monoisotopic (exact) mass is 362 g/mol. The lowest BCUT2D eigenvalue weighted by Gasteiger charge is -2.38. The molecular formula is C22H26N4O. The molecule has 140 valence electrons. The van der Waals surface area contributed by atoms with Crippen LogP contribution in [0.5, 0.6) is 0 Å². The summed E-state index contributed by atoms with van der Waals surface area (Å²) in [4.78, 5) is 24.9. The predicted molar refractivity (Wildman–Crippen MR) is 105 cm³/mol. The molecule has 1 aromatic carbocycles. The number of benzene rings is 1. The summed E-state index contributed by atoms with van der Waals surface area (Å²) in [6, 6.07) is 10.6. The molecule has 1 saturated heterocycles. The number of fused-ring (bicyclic) bond motifs is 4. The van der Waals surface area contributed by atoms with Crippen LogP contribution in [0.3, 0.4) is 0 Å². The molecule has 0 unspecified atom stereocenters. The fraction of sp³-hybridized carbons (Fsp3) is 0.500. The Morgan fingerprint density at radius 3 is 2.59 bits per heavy atom. The van der Waals surface area contributed by atoms with Gasteiger partial charge in [0.15, 0.2) is 0 Å². The van der Waals surface area contributed by atoms with Crippen LogP contribution in [0.25, 0.3) is 0 Å². The van der Waals surface area contributed by atoms with Crippen LogP contribution in [0.15, 0.2) is 30.3 Å². The Balaban J connectivity index is 1.59. The van der Waals surface area contributed by atoms with Gasteiger partial charge in [0.25, 0.3) is 0 Å². The Labute approximate surface area is 160 Å². The molecule has 3 heterocycles. The molecule has 5 rings (SSSR count). The Bertz CT molecular complexity index is 875. The fourth-order valence-electron chi connectivity index (χ4n) is 4.54. The highest BCUT2D eigenvalue weighted by Crippen LogP contribution is 2.48. The standard InChI is InChI=1S/C22H26N4O/c1-13(2)22(27)26-16-10-11-18(26)19-17(12-16)24-20(14-8-9-14)25-21(19)23-15-6-4-3-5-7-15/h3-7,13-14,16,18H,8-12H2,1-2H3,(H,23,24,25)/t16-,18-/m1/s1. The van der Waals surface area contributed by atoms with Gasteiger partial charge in [0.05, 0.1) is 11.7 Å². The van der Waals surface area contributed by atoms with Crippen molar-refractivity contribution in [2.45, 2.75) is 64.0 Å². The van der Waals surface area contributed by atoms with E-state index in [0.29, 0.717) is 12.0 Å². The van der Waals surface area contributed by atoms with Crippen LogP contribution in [0.2, 0.25) is 0 Å². The molecule has 1 N–H and O–H groups in total. The summed E-state index contributed by atoms with van der Waals surface area (Å²) in [7, 11) is 0. The highest BCUT2D eigenvalue weighted by atomic mass is 16.2. The third-order valence-electron chi connectivity index (χ3n) is 6.03. The maximum absolute atomic E-state index is 12.9. The van der Waals surface area contributed by atoms with Gasteiger partial charge in [-0.15, -0.1) is 0 Å². The van der Waals surface area contributed by atoms with Crippen LogP contribution >= 0.6 is 0 Å². The highest BCUT2D eigenvalue weighted by molar-refractivity contribution is 5.80. The Morgan fingerprint density at radius 2 is 1.89 bits per heavy atom. The van der Waals surface area contributed by atoms with Crippen LogP contribution < -0.4 is 5.32 Å². The number of anilines is 2. The normalized spacial score (nSPS) is 23.4. The first-order chi connectivity index (χ1) is 13.1. The Morgan fingerprint density at radius 1 is 1.11 bits per heavy atom. The van der Waals surface area contributed by atoms with Crippen LogP contribution in [-0.4, -0.2) is 26.8 Å². The van der Waals surface area contributed by atoms with Crippen molar-refractivity contribution in [3.63, 3.8) is 0 Å². The summed E-state index contributed by atoms with van der Waals surface area (Å²) in [5.74, 6) is 2.67. The van der Waals surface area contributed by atoms with E-state index in [2.05, 4.69) is 22.3 Å². The van der Waals surface area contributed by atoms with Crippen molar-refractivity contribution in [2.24, 2.45) is 5.92 Å². The third kappa shape index (κ3) is 2.89. The molecule has 3 aliphatic rings. The molecule has 5 heteroatoms. The van der Waals surface area contributed by atoms with Crippen LogP contribution in [0, 0.1) is 5.92 Å². The molecule has 1 aromatic heterocycles. The zero-order chi connectivity index (χ0) is 18.5. The van der Waals surface area contributed by atoms with E-state index >= 15 is 0 Å². The molecule has 2 aliphatic heterocycles. The van der Waals surface area contributed by atoms with Gasteiger partial charge in [-0.1, -0.05) is 32.0 Å². The van der Waals surface area contributed by atoms with Gasteiger partial charge >= 0.3 is 0 Å². The first-order valence-corrected chi connectivity index (χ1v) is 10.2. The van der Waals surface area contributed by atoms with Gasteiger partial charge in [0.2, 0.25) is 5.91 Å². The zero-order valence-corrected chi connectivity index (χ0v) is 16.0.